The first-order valence-electron chi connectivity index (χ1n) is 11.0. The minimum absolute atomic E-state index is 0.0216. The number of allylic oxidation sites excluding steroid dienone is 4. The zero-order valence-electron chi connectivity index (χ0n) is 18.3. The van der Waals surface area contributed by atoms with E-state index in [-0.39, 0.29) is 11.8 Å². The highest BCUT2D eigenvalue weighted by Crippen LogP contribution is 2.33. The lowest BCUT2D eigenvalue weighted by atomic mass is 9.89. The summed E-state index contributed by atoms with van der Waals surface area (Å²) in [6, 6.07) is 6.43. The molecule has 0 aliphatic carbocycles. The molecule has 1 saturated heterocycles. The Morgan fingerprint density at radius 3 is 2.87 bits per heavy atom. The first-order valence-corrected chi connectivity index (χ1v) is 11.0. The van der Waals surface area contributed by atoms with Gasteiger partial charge in [0.1, 0.15) is 5.52 Å². The Labute approximate surface area is 182 Å². The highest BCUT2D eigenvalue weighted by atomic mass is 16.3. The second-order valence-corrected chi connectivity index (χ2v) is 8.68. The van der Waals surface area contributed by atoms with Gasteiger partial charge in [-0.15, -0.1) is 0 Å². The molecule has 1 aromatic heterocycles. The van der Waals surface area contributed by atoms with Crippen LogP contribution in [0.1, 0.15) is 31.7 Å². The van der Waals surface area contributed by atoms with Crippen molar-refractivity contribution in [2.75, 3.05) is 19.6 Å². The van der Waals surface area contributed by atoms with Crippen molar-refractivity contribution < 1.29 is 9.21 Å². The lowest BCUT2D eigenvalue weighted by Crippen LogP contribution is -2.48. The molecule has 3 aliphatic rings. The lowest BCUT2D eigenvalue weighted by molar-refractivity contribution is -0.122. The van der Waals surface area contributed by atoms with E-state index in [1.54, 1.807) is 11.0 Å². The SMILES string of the molecule is Cc1nc2ccc(C3=CC(=O)N4C=C(N5CCNC(C)C5)C=CC4=CCC3C)cc2o1. The van der Waals surface area contributed by atoms with Crippen LogP contribution >= 0.6 is 0 Å². The molecule has 0 saturated carbocycles. The first-order chi connectivity index (χ1) is 15.0. The lowest BCUT2D eigenvalue weighted by Gasteiger charge is -2.36. The second-order valence-electron chi connectivity index (χ2n) is 8.68. The summed E-state index contributed by atoms with van der Waals surface area (Å²) in [5, 5.41) is 3.47. The van der Waals surface area contributed by atoms with Crippen LogP contribution in [0.3, 0.4) is 0 Å². The van der Waals surface area contributed by atoms with Crippen molar-refractivity contribution in [2.24, 2.45) is 5.92 Å². The van der Waals surface area contributed by atoms with Crippen molar-refractivity contribution in [2.45, 2.75) is 33.2 Å². The summed E-state index contributed by atoms with van der Waals surface area (Å²) < 4.78 is 5.72. The van der Waals surface area contributed by atoms with Crippen molar-refractivity contribution in [3.05, 3.63) is 71.6 Å². The molecule has 2 atom stereocenters. The number of nitrogens with one attached hydrogen (secondary N) is 1. The molecule has 1 amide bonds. The number of hydrogen-bond donors (Lipinski definition) is 1. The highest BCUT2D eigenvalue weighted by molar-refractivity contribution is 5.98. The smallest absolute Gasteiger partial charge is 0.255 e. The number of aromatic nitrogens is 1. The third kappa shape index (κ3) is 3.83. The van der Waals surface area contributed by atoms with Gasteiger partial charge in [0, 0.05) is 50.6 Å². The van der Waals surface area contributed by atoms with Crippen LogP contribution in [0.5, 0.6) is 0 Å². The number of nitrogens with zero attached hydrogens (tertiary/aromatic N) is 3. The maximum Gasteiger partial charge on any atom is 0.255 e. The predicted molar refractivity (Wildman–Crippen MR) is 122 cm³/mol. The Balaban J connectivity index is 1.48. The van der Waals surface area contributed by atoms with Gasteiger partial charge in [0.05, 0.1) is 5.70 Å². The summed E-state index contributed by atoms with van der Waals surface area (Å²) in [7, 11) is 0. The molecule has 3 aliphatic heterocycles. The van der Waals surface area contributed by atoms with Crippen LogP contribution in [-0.4, -0.2) is 46.4 Å². The van der Waals surface area contributed by atoms with Crippen LogP contribution in [0.2, 0.25) is 0 Å². The van der Waals surface area contributed by atoms with E-state index in [9.17, 15) is 4.79 Å². The molecule has 1 N–H and O–H groups in total. The van der Waals surface area contributed by atoms with Crippen LogP contribution in [-0.2, 0) is 4.79 Å². The molecular formula is C25H28N4O2. The summed E-state index contributed by atoms with van der Waals surface area (Å²) in [5.41, 5.74) is 5.66. The minimum Gasteiger partial charge on any atom is -0.441 e. The normalized spacial score (nSPS) is 24.4. The molecule has 6 nitrogen and oxygen atoms in total. The number of hydrogen-bond acceptors (Lipinski definition) is 5. The average Bonchev–Trinajstić information content (AvgIpc) is 3.14. The standard InChI is InChI=1S/C25H28N4O2/c1-16-4-6-20-7-8-21(28-11-10-26-17(2)14-28)15-29(20)25(30)13-22(16)19-5-9-23-24(12-19)31-18(3)27-23/h5-9,12-13,15-17,26H,4,10-11,14H2,1-3H3. The molecule has 0 spiro atoms. The number of amides is 1. The van der Waals surface area contributed by atoms with E-state index >= 15 is 0 Å². The summed E-state index contributed by atoms with van der Waals surface area (Å²) in [6.45, 7) is 9.03. The van der Waals surface area contributed by atoms with Crippen molar-refractivity contribution >= 4 is 22.6 Å². The third-order valence-electron chi connectivity index (χ3n) is 6.25. The van der Waals surface area contributed by atoms with E-state index in [4.69, 9.17) is 4.42 Å². The van der Waals surface area contributed by atoms with Crippen LogP contribution in [0.15, 0.2) is 64.5 Å². The van der Waals surface area contributed by atoms with Gasteiger partial charge in [0.2, 0.25) is 0 Å². The van der Waals surface area contributed by atoms with Crippen LogP contribution in [0.4, 0.5) is 0 Å². The maximum absolute atomic E-state index is 13.4. The number of rotatable bonds is 2. The van der Waals surface area contributed by atoms with E-state index < -0.39 is 0 Å². The molecule has 2 aromatic rings. The molecule has 2 unspecified atom stereocenters. The summed E-state index contributed by atoms with van der Waals surface area (Å²) >= 11 is 0. The minimum atomic E-state index is -0.0216. The fourth-order valence-electron chi connectivity index (χ4n) is 4.57. The number of carbonyl (C=O) groups excluding carboxylic acids is 1. The predicted octanol–water partition coefficient (Wildman–Crippen LogP) is 3.98. The van der Waals surface area contributed by atoms with Gasteiger partial charge >= 0.3 is 0 Å². The fraction of sp³-hybridized carbons (Fsp3) is 0.360. The van der Waals surface area contributed by atoms with Crippen LogP contribution < -0.4 is 5.32 Å². The van der Waals surface area contributed by atoms with Crippen molar-refractivity contribution in [3.63, 3.8) is 0 Å². The van der Waals surface area contributed by atoms with E-state index in [2.05, 4.69) is 47.3 Å². The molecule has 4 heterocycles. The molecule has 160 valence electrons. The molecular weight excluding hydrogens is 388 g/mol. The molecule has 0 bridgehead atoms. The van der Waals surface area contributed by atoms with Gasteiger partial charge in [-0.2, -0.15) is 0 Å². The monoisotopic (exact) mass is 416 g/mol. The average molecular weight is 417 g/mol. The van der Waals surface area contributed by atoms with Gasteiger partial charge in [-0.1, -0.05) is 19.1 Å². The topological polar surface area (TPSA) is 61.6 Å². The Hall–Kier alpha value is -3.12. The number of carbonyl (C=O) groups is 1. The maximum atomic E-state index is 13.4. The molecule has 1 aromatic carbocycles. The number of aryl methyl sites for hydroxylation is 1. The van der Waals surface area contributed by atoms with Gasteiger partial charge in [-0.25, -0.2) is 4.98 Å². The van der Waals surface area contributed by atoms with Crippen molar-refractivity contribution in [1.29, 1.82) is 0 Å². The van der Waals surface area contributed by atoms with Gasteiger partial charge in [0.25, 0.3) is 5.91 Å². The molecule has 31 heavy (non-hydrogen) atoms. The first kappa shape index (κ1) is 19.8. The number of piperazine rings is 1. The zero-order valence-corrected chi connectivity index (χ0v) is 18.3. The second kappa shape index (κ2) is 7.85. The van der Waals surface area contributed by atoms with E-state index in [1.165, 1.54) is 0 Å². The fourth-order valence-corrected chi connectivity index (χ4v) is 4.57. The quantitative estimate of drug-likeness (QED) is 0.803. The molecule has 1 fully saturated rings. The Bertz CT molecular complexity index is 1150. The number of benzene rings is 1. The van der Waals surface area contributed by atoms with Gasteiger partial charge in [-0.05, 0) is 54.7 Å². The molecule has 0 radical (unpaired) electrons. The highest BCUT2D eigenvalue weighted by Gasteiger charge is 2.25. The number of oxazole rings is 1. The Morgan fingerprint density at radius 2 is 2.03 bits per heavy atom. The Kier molecular flexibility index (Phi) is 5.02. The van der Waals surface area contributed by atoms with E-state index in [1.807, 2.05) is 31.3 Å². The van der Waals surface area contributed by atoms with Crippen LogP contribution in [0, 0.1) is 12.8 Å². The van der Waals surface area contributed by atoms with Crippen molar-refractivity contribution in [1.82, 2.24) is 20.1 Å². The Morgan fingerprint density at radius 1 is 1.19 bits per heavy atom. The summed E-state index contributed by atoms with van der Waals surface area (Å²) in [5.74, 6) is 0.843. The van der Waals surface area contributed by atoms with Crippen molar-refractivity contribution in [3.8, 4) is 0 Å². The summed E-state index contributed by atoms with van der Waals surface area (Å²) in [4.78, 5) is 21.9. The van der Waals surface area contributed by atoms with Crippen LogP contribution in [0.25, 0.3) is 16.7 Å². The third-order valence-corrected chi connectivity index (χ3v) is 6.25. The van der Waals surface area contributed by atoms with Gasteiger partial charge in [-0.3, -0.25) is 9.69 Å². The van der Waals surface area contributed by atoms with Gasteiger partial charge in [0.15, 0.2) is 11.5 Å². The largest absolute Gasteiger partial charge is 0.441 e. The molecule has 6 heteroatoms. The van der Waals surface area contributed by atoms with Gasteiger partial charge < -0.3 is 14.6 Å². The number of fused-ring (bicyclic) bond motifs is 2. The zero-order chi connectivity index (χ0) is 21.5. The molecule has 5 rings (SSSR count). The van der Waals surface area contributed by atoms with E-state index in [0.717, 1.165) is 59.7 Å². The summed E-state index contributed by atoms with van der Waals surface area (Å²) in [6.07, 6.45) is 11.0. The van der Waals surface area contributed by atoms with E-state index in [0.29, 0.717) is 11.9 Å².